The van der Waals surface area contributed by atoms with Gasteiger partial charge in [-0.05, 0) is 29.8 Å². The average molecular weight is 302 g/mol. The Hall–Kier alpha value is -3.09. The van der Waals surface area contributed by atoms with Gasteiger partial charge in [0.25, 0.3) is 11.6 Å². The molecule has 2 aromatic carbocycles. The Kier molecular flexibility index (Phi) is 4.57. The fourth-order valence-corrected chi connectivity index (χ4v) is 1.85. The number of benzene rings is 2. The number of nitro benzene ring substituents is 1. The van der Waals surface area contributed by atoms with E-state index in [1.165, 1.54) is 18.2 Å². The van der Waals surface area contributed by atoms with Gasteiger partial charge in [0.1, 0.15) is 23.7 Å². The first-order chi connectivity index (χ1) is 10.5. The number of nitrogens with zero attached hydrogens (tertiary/aromatic N) is 1. The quantitative estimate of drug-likeness (QED) is 0.651. The Morgan fingerprint density at radius 3 is 2.36 bits per heavy atom. The van der Waals surface area contributed by atoms with Gasteiger partial charge in [-0.3, -0.25) is 14.9 Å². The molecule has 114 valence electrons. The number of nitro groups is 1. The van der Waals surface area contributed by atoms with Gasteiger partial charge in [0.05, 0.1) is 12.0 Å². The highest BCUT2D eigenvalue weighted by Gasteiger charge is 2.18. The molecular formula is C15H14N2O5. The summed E-state index contributed by atoms with van der Waals surface area (Å²) in [6.07, 6.45) is 0. The van der Waals surface area contributed by atoms with E-state index < -0.39 is 10.8 Å². The molecule has 2 N–H and O–H groups in total. The van der Waals surface area contributed by atoms with Crippen molar-refractivity contribution in [3.63, 3.8) is 0 Å². The van der Waals surface area contributed by atoms with Gasteiger partial charge in [-0.25, -0.2) is 0 Å². The van der Waals surface area contributed by atoms with E-state index in [-0.39, 0.29) is 17.9 Å². The Balaban J connectivity index is 2.14. The van der Waals surface area contributed by atoms with Crippen LogP contribution in [0.5, 0.6) is 11.5 Å². The van der Waals surface area contributed by atoms with Crippen molar-refractivity contribution in [1.82, 2.24) is 0 Å². The second-order valence-corrected chi connectivity index (χ2v) is 4.44. The molecule has 0 saturated heterocycles. The zero-order valence-electron chi connectivity index (χ0n) is 11.8. The fraction of sp³-hybridized carbons (Fsp3) is 0.133. The summed E-state index contributed by atoms with van der Waals surface area (Å²) >= 11 is 0. The van der Waals surface area contributed by atoms with Crippen molar-refractivity contribution in [2.45, 2.75) is 6.61 Å². The third-order valence-electron chi connectivity index (χ3n) is 2.99. The molecule has 0 heterocycles. The van der Waals surface area contributed by atoms with Gasteiger partial charge >= 0.3 is 0 Å². The number of primary amides is 1. The van der Waals surface area contributed by atoms with Crippen molar-refractivity contribution in [3.8, 4) is 11.5 Å². The molecule has 2 rings (SSSR count). The lowest BCUT2D eigenvalue weighted by Gasteiger charge is -2.08. The van der Waals surface area contributed by atoms with Crippen LogP contribution in [0.15, 0.2) is 42.5 Å². The summed E-state index contributed by atoms with van der Waals surface area (Å²) in [4.78, 5) is 21.4. The standard InChI is InChI=1S/C15H14N2O5/c1-21-11-4-2-10(3-5-11)9-22-12-6-7-14(17(19)20)13(8-12)15(16)18/h2-8H,9H2,1H3,(H2,16,18). The number of nitrogens with two attached hydrogens (primary N) is 1. The molecule has 1 amide bonds. The SMILES string of the molecule is COc1ccc(COc2ccc([N+](=O)[O-])c(C(N)=O)c2)cc1. The maximum Gasteiger partial charge on any atom is 0.282 e. The molecule has 0 aliphatic heterocycles. The van der Waals surface area contributed by atoms with Gasteiger partial charge in [-0.15, -0.1) is 0 Å². The zero-order chi connectivity index (χ0) is 16.1. The second kappa shape index (κ2) is 6.57. The van der Waals surface area contributed by atoms with E-state index in [0.717, 1.165) is 11.3 Å². The Bertz CT molecular complexity index is 698. The largest absolute Gasteiger partial charge is 0.497 e. The molecule has 0 saturated carbocycles. The van der Waals surface area contributed by atoms with Crippen LogP contribution in [-0.2, 0) is 6.61 Å². The van der Waals surface area contributed by atoms with Crippen molar-refractivity contribution in [2.75, 3.05) is 7.11 Å². The van der Waals surface area contributed by atoms with E-state index in [2.05, 4.69) is 0 Å². The van der Waals surface area contributed by atoms with Crippen molar-refractivity contribution < 1.29 is 19.2 Å². The molecule has 0 bridgehead atoms. The summed E-state index contributed by atoms with van der Waals surface area (Å²) in [6.45, 7) is 0.250. The minimum Gasteiger partial charge on any atom is -0.497 e. The average Bonchev–Trinajstić information content (AvgIpc) is 2.53. The number of amides is 1. The van der Waals surface area contributed by atoms with Crippen LogP contribution in [0, 0.1) is 10.1 Å². The maximum atomic E-state index is 11.3. The molecule has 0 aromatic heterocycles. The van der Waals surface area contributed by atoms with Gasteiger partial charge in [0.2, 0.25) is 0 Å². The Morgan fingerprint density at radius 1 is 1.18 bits per heavy atom. The Labute approximate surface area is 126 Å². The smallest absolute Gasteiger partial charge is 0.282 e. The normalized spacial score (nSPS) is 10.0. The number of ether oxygens (including phenoxy) is 2. The minimum absolute atomic E-state index is 0.183. The van der Waals surface area contributed by atoms with Crippen LogP contribution < -0.4 is 15.2 Å². The molecule has 2 aromatic rings. The topological polar surface area (TPSA) is 105 Å². The van der Waals surface area contributed by atoms with Gasteiger partial charge in [0, 0.05) is 6.07 Å². The monoisotopic (exact) mass is 302 g/mol. The lowest BCUT2D eigenvalue weighted by Crippen LogP contribution is -2.13. The predicted molar refractivity (Wildman–Crippen MR) is 78.9 cm³/mol. The lowest BCUT2D eigenvalue weighted by atomic mass is 10.1. The highest BCUT2D eigenvalue weighted by molar-refractivity contribution is 5.97. The van der Waals surface area contributed by atoms with Crippen LogP contribution in [-0.4, -0.2) is 17.9 Å². The van der Waals surface area contributed by atoms with Gasteiger partial charge in [-0.2, -0.15) is 0 Å². The molecule has 7 heteroatoms. The predicted octanol–water partition coefficient (Wildman–Crippen LogP) is 2.28. The summed E-state index contributed by atoms with van der Waals surface area (Å²) in [7, 11) is 1.58. The summed E-state index contributed by atoms with van der Waals surface area (Å²) in [5.41, 5.74) is 5.51. The molecule has 0 fully saturated rings. The van der Waals surface area contributed by atoms with E-state index in [0.29, 0.717) is 5.75 Å². The van der Waals surface area contributed by atoms with E-state index in [1.807, 2.05) is 12.1 Å². The summed E-state index contributed by atoms with van der Waals surface area (Å²) in [5, 5.41) is 10.8. The van der Waals surface area contributed by atoms with E-state index in [9.17, 15) is 14.9 Å². The third-order valence-corrected chi connectivity index (χ3v) is 2.99. The van der Waals surface area contributed by atoms with Gasteiger partial charge < -0.3 is 15.2 Å². The number of hydrogen-bond donors (Lipinski definition) is 1. The molecule has 0 spiro atoms. The number of methoxy groups -OCH3 is 1. The summed E-state index contributed by atoms with van der Waals surface area (Å²) in [6, 6.07) is 11.1. The van der Waals surface area contributed by atoms with Crippen LogP contribution in [0.3, 0.4) is 0 Å². The molecule has 0 aliphatic carbocycles. The first-order valence-electron chi connectivity index (χ1n) is 6.35. The summed E-state index contributed by atoms with van der Waals surface area (Å²) in [5.74, 6) is 0.187. The van der Waals surface area contributed by atoms with Crippen molar-refractivity contribution in [3.05, 3.63) is 63.7 Å². The van der Waals surface area contributed by atoms with Crippen LogP contribution >= 0.6 is 0 Å². The van der Waals surface area contributed by atoms with Crippen LogP contribution in [0.1, 0.15) is 15.9 Å². The van der Waals surface area contributed by atoms with Crippen LogP contribution in [0.25, 0.3) is 0 Å². The first-order valence-corrected chi connectivity index (χ1v) is 6.35. The second-order valence-electron chi connectivity index (χ2n) is 4.44. The van der Waals surface area contributed by atoms with Crippen molar-refractivity contribution >= 4 is 11.6 Å². The molecule has 0 radical (unpaired) electrons. The van der Waals surface area contributed by atoms with Crippen molar-refractivity contribution in [1.29, 1.82) is 0 Å². The molecule has 0 aliphatic rings. The molecule has 0 atom stereocenters. The molecule has 0 unspecified atom stereocenters. The maximum absolute atomic E-state index is 11.3. The summed E-state index contributed by atoms with van der Waals surface area (Å²) < 4.78 is 10.6. The first kappa shape index (κ1) is 15.3. The van der Waals surface area contributed by atoms with E-state index in [4.69, 9.17) is 15.2 Å². The van der Waals surface area contributed by atoms with E-state index in [1.54, 1.807) is 19.2 Å². The molecule has 7 nitrogen and oxygen atoms in total. The van der Waals surface area contributed by atoms with E-state index >= 15 is 0 Å². The minimum atomic E-state index is -0.874. The zero-order valence-corrected chi connectivity index (χ0v) is 11.8. The highest BCUT2D eigenvalue weighted by atomic mass is 16.6. The van der Waals surface area contributed by atoms with Gasteiger partial charge in [0.15, 0.2) is 0 Å². The number of hydrogen-bond acceptors (Lipinski definition) is 5. The molecular weight excluding hydrogens is 288 g/mol. The Morgan fingerprint density at radius 2 is 1.82 bits per heavy atom. The molecule has 22 heavy (non-hydrogen) atoms. The fourth-order valence-electron chi connectivity index (χ4n) is 1.85. The number of carbonyl (C=O) groups is 1. The lowest BCUT2D eigenvalue weighted by molar-refractivity contribution is -0.385. The third kappa shape index (κ3) is 3.51. The van der Waals surface area contributed by atoms with Crippen molar-refractivity contribution in [2.24, 2.45) is 5.73 Å². The van der Waals surface area contributed by atoms with Crippen LogP contribution in [0.4, 0.5) is 5.69 Å². The number of carbonyl (C=O) groups excluding carboxylic acids is 1. The number of rotatable bonds is 6. The van der Waals surface area contributed by atoms with Crippen LogP contribution in [0.2, 0.25) is 0 Å². The van der Waals surface area contributed by atoms with Gasteiger partial charge in [-0.1, -0.05) is 12.1 Å². The highest BCUT2D eigenvalue weighted by Crippen LogP contribution is 2.24.